The van der Waals surface area contributed by atoms with Crippen LogP contribution < -0.4 is 10.2 Å². The maximum Gasteiger partial charge on any atom is 0.0469 e. The number of nitrogens with zero attached hydrogens (tertiary/aromatic N) is 1. The Bertz CT molecular complexity index is 1850. The highest BCUT2D eigenvalue weighted by Gasteiger charge is 2.14. The van der Waals surface area contributed by atoms with Gasteiger partial charge in [0.1, 0.15) is 0 Å². The molecule has 0 fully saturated rings. The number of nitrogens with one attached hydrogen (secondary N) is 2. The van der Waals surface area contributed by atoms with Gasteiger partial charge in [0.2, 0.25) is 0 Å². The van der Waals surface area contributed by atoms with Gasteiger partial charge in [0, 0.05) is 50.2 Å². The number of fused-ring (bicyclic) bond motifs is 3. The molecule has 0 bridgehead atoms. The van der Waals surface area contributed by atoms with Crippen molar-refractivity contribution in [3.63, 3.8) is 0 Å². The molecule has 0 atom stereocenters. The minimum absolute atomic E-state index is 1.07. The van der Waals surface area contributed by atoms with E-state index in [4.69, 9.17) is 0 Å². The minimum atomic E-state index is 1.07. The van der Waals surface area contributed by atoms with E-state index in [2.05, 4.69) is 149 Å². The summed E-state index contributed by atoms with van der Waals surface area (Å²) in [6, 6.07) is 53.3. The van der Waals surface area contributed by atoms with Gasteiger partial charge in [-0.05, 0) is 83.9 Å². The number of para-hydroxylation sites is 3. The molecule has 1 aromatic heterocycles. The fraction of sp³-hybridized carbons (Fsp3) is 0. The van der Waals surface area contributed by atoms with Gasteiger partial charge < -0.3 is 15.2 Å². The quantitative estimate of drug-likeness (QED) is 0.237. The van der Waals surface area contributed by atoms with Crippen molar-refractivity contribution >= 4 is 50.2 Å². The van der Waals surface area contributed by atoms with Crippen LogP contribution in [0.5, 0.6) is 0 Å². The highest BCUT2D eigenvalue weighted by atomic mass is 15.1. The van der Waals surface area contributed by atoms with Crippen molar-refractivity contribution in [2.45, 2.75) is 0 Å². The highest BCUT2D eigenvalue weighted by molar-refractivity contribution is 6.08. The Kier molecular flexibility index (Phi) is 5.80. The lowest BCUT2D eigenvalue weighted by molar-refractivity contribution is 1.29. The van der Waals surface area contributed by atoms with Gasteiger partial charge in [-0.15, -0.1) is 0 Å². The molecule has 2 N–H and O–H groups in total. The molecule has 0 aliphatic heterocycles. The van der Waals surface area contributed by atoms with E-state index in [1.165, 1.54) is 21.9 Å². The van der Waals surface area contributed by atoms with E-state index in [0.717, 1.165) is 39.5 Å². The Morgan fingerprint density at radius 3 is 1.69 bits per heavy atom. The summed E-state index contributed by atoms with van der Waals surface area (Å²) >= 11 is 0. The van der Waals surface area contributed by atoms with Crippen LogP contribution in [0.25, 0.3) is 32.9 Å². The number of aromatic amines is 1. The third kappa shape index (κ3) is 4.51. The Balaban J connectivity index is 1.22. The van der Waals surface area contributed by atoms with Gasteiger partial charge in [-0.25, -0.2) is 0 Å². The molecule has 39 heavy (non-hydrogen) atoms. The van der Waals surface area contributed by atoms with E-state index in [-0.39, 0.29) is 0 Å². The molecule has 3 nitrogen and oxygen atoms in total. The molecule has 7 rings (SSSR count). The van der Waals surface area contributed by atoms with Crippen molar-refractivity contribution < 1.29 is 0 Å². The Hall–Kier alpha value is -5.28. The van der Waals surface area contributed by atoms with Crippen LogP contribution in [-0.4, -0.2) is 4.98 Å². The molecule has 0 radical (unpaired) electrons. The van der Waals surface area contributed by atoms with E-state index in [0.29, 0.717) is 0 Å². The van der Waals surface area contributed by atoms with Gasteiger partial charge in [-0.2, -0.15) is 0 Å². The van der Waals surface area contributed by atoms with Gasteiger partial charge in [0.15, 0.2) is 0 Å². The summed E-state index contributed by atoms with van der Waals surface area (Å²) in [7, 11) is 0. The van der Waals surface area contributed by atoms with Gasteiger partial charge >= 0.3 is 0 Å². The predicted octanol–water partition coefficient (Wildman–Crippen LogP) is 10.2. The van der Waals surface area contributed by atoms with Crippen LogP contribution in [0.4, 0.5) is 28.4 Å². The molecule has 0 saturated carbocycles. The zero-order chi connectivity index (χ0) is 26.0. The first-order chi connectivity index (χ1) is 19.3. The first-order valence-electron chi connectivity index (χ1n) is 13.2. The molecular weight excluding hydrogens is 474 g/mol. The average Bonchev–Trinajstić information content (AvgIpc) is 3.37. The average molecular weight is 502 g/mol. The molecule has 6 aromatic carbocycles. The zero-order valence-electron chi connectivity index (χ0n) is 21.4. The molecule has 186 valence electrons. The summed E-state index contributed by atoms with van der Waals surface area (Å²) in [5.74, 6) is 0. The van der Waals surface area contributed by atoms with Crippen molar-refractivity contribution in [3.05, 3.63) is 152 Å². The van der Waals surface area contributed by atoms with Crippen molar-refractivity contribution in [3.8, 4) is 11.1 Å². The number of benzene rings is 6. The number of aromatic nitrogens is 1. The van der Waals surface area contributed by atoms with Gasteiger partial charge in [0.25, 0.3) is 0 Å². The molecule has 0 aliphatic rings. The van der Waals surface area contributed by atoms with Crippen LogP contribution in [0.15, 0.2) is 152 Å². The lowest BCUT2D eigenvalue weighted by Gasteiger charge is -2.25. The van der Waals surface area contributed by atoms with E-state index in [9.17, 15) is 0 Å². The van der Waals surface area contributed by atoms with Gasteiger partial charge in [-0.3, -0.25) is 0 Å². The second-order valence-corrected chi connectivity index (χ2v) is 9.69. The molecular formula is C36H27N3. The number of hydrogen-bond donors (Lipinski definition) is 2. The number of anilines is 5. The molecule has 0 amide bonds. The number of rotatable bonds is 6. The van der Waals surface area contributed by atoms with Crippen LogP contribution in [0, 0.1) is 0 Å². The topological polar surface area (TPSA) is 31.1 Å². The number of hydrogen-bond acceptors (Lipinski definition) is 2. The third-order valence-corrected chi connectivity index (χ3v) is 7.17. The first-order valence-corrected chi connectivity index (χ1v) is 13.2. The summed E-state index contributed by atoms with van der Waals surface area (Å²) in [5, 5.41) is 5.92. The van der Waals surface area contributed by atoms with E-state index in [1.54, 1.807) is 0 Å². The molecule has 7 aromatic rings. The van der Waals surface area contributed by atoms with Crippen molar-refractivity contribution in [1.29, 1.82) is 0 Å². The maximum atomic E-state index is 3.54. The molecule has 0 aliphatic carbocycles. The molecule has 0 spiro atoms. The molecule has 1 heterocycles. The standard InChI is InChI=1S/C36H27N3/c1-3-9-28(10-4-1)37-29-19-15-26(16-20-29)27-17-21-31(22-18-27)39(30-11-5-2-6-12-30)32-23-24-36-34(25-32)33-13-7-8-14-35(33)38-36/h1-25,37-38H. The SMILES string of the molecule is c1ccc(Nc2ccc(-c3ccc(N(c4ccccc4)c4ccc5[nH]c6ccccc6c5c4)cc3)cc2)cc1. The summed E-state index contributed by atoms with van der Waals surface area (Å²) in [6.07, 6.45) is 0. The lowest BCUT2D eigenvalue weighted by Crippen LogP contribution is -2.09. The van der Waals surface area contributed by atoms with E-state index < -0.39 is 0 Å². The van der Waals surface area contributed by atoms with Gasteiger partial charge in [-0.1, -0.05) is 78.9 Å². The fourth-order valence-electron chi connectivity index (χ4n) is 5.24. The molecule has 0 saturated heterocycles. The predicted molar refractivity (Wildman–Crippen MR) is 166 cm³/mol. The fourth-order valence-corrected chi connectivity index (χ4v) is 5.24. The number of H-pyrrole nitrogens is 1. The summed E-state index contributed by atoms with van der Waals surface area (Å²) in [4.78, 5) is 5.86. The zero-order valence-corrected chi connectivity index (χ0v) is 21.4. The van der Waals surface area contributed by atoms with E-state index >= 15 is 0 Å². The first kappa shape index (κ1) is 22.9. The lowest BCUT2D eigenvalue weighted by atomic mass is 10.0. The van der Waals surface area contributed by atoms with Crippen LogP contribution in [0.1, 0.15) is 0 Å². The van der Waals surface area contributed by atoms with Crippen molar-refractivity contribution in [2.75, 3.05) is 10.2 Å². The van der Waals surface area contributed by atoms with Crippen LogP contribution in [0.2, 0.25) is 0 Å². The summed E-state index contributed by atoms with van der Waals surface area (Å²) < 4.78 is 0. The Morgan fingerprint density at radius 2 is 0.949 bits per heavy atom. The molecule has 0 unspecified atom stereocenters. The van der Waals surface area contributed by atoms with E-state index in [1.807, 2.05) is 18.2 Å². The highest BCUT2D eigenvalue weighted by Crippen LogP contribution is 2.38. The van der Waals surface area contributed by atoms with Crippen molar-refractivity contribution in [2.24, 2.45) is 0 Å². The largest absolute Gasteiger partial charge is 0.356 e. The van der Waals surface area contributed by atoms with Crippen LogP contribution in [0.3, 0.4) is 0 Å². The normalized spacial score (nSPS) is 11.1. The minimum Gasteiger partial charge on any atom is -0.356 e. The second-order valence-electron chi connectivity index (χ2n) is 9.69. The molecule has 3 heteroatoms. The summed E-state index contributed by atoms with van der Waals surface area (Å²) in [6.45, 7) is 0. The smallest absolute Gasteiger partial charge is 0.0469 e. The van der Waals surface area contributed by atoms with Gasteiger partial charge in [0.05, 0.1) is 0 Å². The monoisotopic (exact) mass is 501 g/mol. The second kappa shape index (κ2) is 9.88. The third-order valence-electron chi connectivity index (χ3n) is 7.17. The van der Waals surface area contributed by atoms with Crippen molar-refractivity contribution in [1.82, 2.24) is 4.98 Å². The Labute approximate surface area is 228 Å². The summed E-state index contributed by atoms with van der Waals surface area (Å²) in [5.41, 5.74) is 10.2. The van der Waals surface area contributed by atoms with Crippen LogP contribution >= 0.6 is 0 Å². The Morgan fingerprint density at radius 1 is 0.410 bits per heavy atom. The van der Waals surface area contributed by atoms with Crippen LogP contribution in [-0.2, 0) is 0 Å². The maximum absolute atomic E-state index is 3.54.